The first-order valence-corrected chi connectivity index (χ1v) is 8.14. The molecule has 122 valence electrons. The van der Waals surface area contributed by atoms with Gasteiger partial charge in [0.25, 0.3) is 5.91 Å². The van der Waals surface area contributed by atoms with Gasteiger partial charge in [0.05, 0.1) is 5.56 Å². The van der Waals surface area contributed by atoms with Crippen LogP contribution < -0.4 is 10.1 Å². The summed E-state index contributed by atoms with van der Waals surface area (Å²) in [6.07, 6.45) is 1.53. The van der Waals surface area contributed by atoms with Crippen LogP contribution in [0.2, 0.25) is 0 Å². The van der Waals surface area contributed by atoms with Gasteiger partial charge in [-0.05, 0) is 37.5 Å². The number of nitrogens with zero attached hydrogens (tertiary/aromatic N) is 1. The molecule has 24 heavy (non-hydrogen) atoms. The molecule has 0 spiro atoms. The fourth-order valence-electron chi connectivity index (χ4n) is 2.82. The van der Waals surface area contributed by atoms with Crippen molar-refractivity contribution in [2.75, 3.05) is 6.54 Å². The molecule has 1 atom stereocenters. The Kier molecular flexibility index (Phi) is 4.52. The Morgan fingerprint density at radius 1 is 1.21 bits per heavy atom. The van der Waals surface area contributed by atoms with Crippen molar-refractivity contribution in [2.45, 2.75) is 31.3 Å². The third kappa shape index (κ3) is 3.41. The number of rotatable bonds is 6. The minimum absolute atomic E-state index is 0.0706. The molecule has 3 rings (SSSR count). The van der Waals surface area contributed by atoms with Crippen molar-refractivity contribution < 1.29 is 9.53 Å². The van der Waals surface area contributed by atoms with E-state index in [1.807, 2.05) is 18.2 Å². The SMILES string of the molecule is CC(Oc1ccccc1C#N)C(=O)NCC1(c2ccccc2)CC1. The summed E-state index contributed by atoms with van der Waals surface area (Å²) in [6.45, 7) is 2.31. The van der Waals surface area contributed by atoms with Gasteiger partial charge in [-0.3, -0.25) is 4.79 Å². The van der Waals surface area contributed by atoms with Crippen molar-refractivity contribution in [3.05, 3.63) is 65.7 Å². The molecule has 2 aromatic rings. The molecular weight excluding hydrogens is 300 g/mol. The minimum atomic E-state index is -0.647. The Labute approximate surface area is 142 Å². The lowest BCUT2D eigenvalue weighted by atomic mass is 9.96. The molecule has 0 saturated heterocycles. The van der Waals surface area contributed by atoms with E-state index < -0.39 is 6.10 Å². The summed E-state index contributed by atoms with van der Waals surface area (Å²) in [6, 6.07) is 19.3. The van der Waals surface area contributed by atoms with Gasteiger partial charge in [-0.2, -0.15) is 5.26 Å². The van der Waals surface area contributed by atoms with Crippen LogP contribution >= 0.6 is 0 Å². The van der Waals surface area contributed by atoms with Crippen LogP contribution in [0.4, 0.5) is 0 Å². The minimum Gasteiger partial charge on any atom is -0.480 e. The number of hydrogen-bond acceptors (Lipinski definition) is 3. The first-order chi connectivity index (χ1) is 11.6. The van der Waals surface area contributed by atoms with Crippen molar-refractivity contribution >= 4 is 5.91 Å². The largest absolute Gasteiger partial charge is 0.480 e. The predicted octanol–water partition coefficient (Wildman–Crippen LogP) is 3.17. The molecule has 0 radical (unpaired) electrons. The second kappa shape index (κ2) is 6.76. The molecule has 1 unspecified atom stereocenters. The highest BCUT2D eigenvalue weighted by atomic mass is 16.5. The number of amides is 1. The molecule has 1 amide bonds. The molecule has 4 heteroatoms. The molecular formula is C20H20N2O2. The number of ether oxygens (including phenoxy) is 1. The number of nitriles is 1. The van der Waals surface area contributed by atoms with Gasteiger partial charge in [0, 0.05) is 12.0 Å². The molecule has 0 bridgehead atoms. The van der Waals surface area contributed by atoms with Crippen LogP contribution in [0, 0.1) is 11.3 Å². The van der Waals surface area contributed by atoms with Gasteiger partial charge in [-0.1, -0.05) is 42.5 Å². The van der Waals surface area contributed by atoms with E-state index in [0.29, 0.717) is 17.9 Å². The van der Waals surface area contributed by atoms with E-state index >= 15 is 0 Å². The van der Waals surface area contributed by atoms with E-state index in [9.17, 15) is 4.79 Å². The molecule has 4 nitrogen and oxygen atoms in total. The van der Waals surface area contributed by atoms with E-state index in [-0.39, 0.29) is 11.3 Å². The smallest absolute Gasteiger partial charge is 0.260 e. The van der Waals surface area contributed by atoms with Gasteiger partial charge in [0.1, 0.15) is 11.8 Å². The average Bonchev–Trinajstić information content (AvgIpc) is 3.42. The average molecular weight is 320 g/mol. The van der Waals surface area contributed by atoms with Gasteiger partial charge >= 0.3 is 0 Å². The van der Waals surface area contributed by atoms with E-state index in [4.69, 9.17) is 10.00 Å². The third-order valence-electron chi connectivity index (χ3n) is 4.52. The van der Waals surface area contributed by atoms with Crippen molar-refractivity contribution in [1.29, 1.82) is 5.26 Å². The van der Waals surface area contributed by atoms with Gasteiger partial charge < -0.3 is 10.1 Å². The first-order valence-electron chi connectivity index (χ1n) is 8.14. The maximum absolute atomic E-state index is 12.3. The molecule has 1 saturated carbocycles. The van der Waals surface area contributed by atoms with Gasteiger partial charge in [-0.15, -0.1) is 0 Å². The highest BCUT2D eigenvalue weighted by molar-refractivity contribution is 5.81. The molecule has 0 aromatic heterocycles. The summed E-state index contributed by atoms with van der Waals surface area (Å²) in [5.74, 6) is 0.275. The van der Waals surface area contributed by atoms with Crippen LogP contribution in [0.25, 0.3) is 0 Å². The Hall–Kier alpha value is -2.80. The number of para-hydroxylation sites is 1. The molecule has 1 aliphatic carbocycles. The number of carbonyl (C=O) groups is 1. The van der Waals surface area contributed by atoms with Gasteiger partial charge in [0.15, 0.2) is 6.10 Å². The summed E-state index contributed by atoms with van der Waals surface area (Å²) < 4.78 is 5.65. The quantitative estimate of drug-likeness (QED) is 0.889. The van der Waals surface area contributed by atoms with Crippen LogP contribution in [0.3, 0.4) is 0 Å². The lowest BCUT2D eigenvalue weighted by Gasteiger charge is -2.19. The van der Waals surface area contributed by atoms with Crippen LogP contribution in [0.1, 0.15) is 30.9 Å². The van der Waals surface area contributed by atoms with Crippen molar-refractivity contribution in [3.63, 3.8) is 0 Å². The Morgan fingerprint density at radius 3 is 2.54 bits per heavy atom. The van der Waals surface area contributed by atoms with Crippen molar-refractivity contribution in [2.24, 2.45) is 0 Å². The molecule has 2 aromatic carbocycles. The summed E-state index contributed by atoms with van der Waals surface area (Å²) >= 11 is 0. The maximum atomic E-state index is 12.3. The molecule has 0 heterocycles. The molecule has 1 fully saturated rings. The van der Waals surface area contributed by atoms with E-state index in [0.717, 1.165) is 12.8 Å². The zero-order chi connectivity index (χ0) is 17.0. The molecule has 0 aliphatic heterocycles. The van der Waals surface area contributed by atoms with Crippen LogP contribution in [0.15, 0.2) is 54.6 Å². The van der Waals surface area contributed by atoms with Crippen LogP contribution in [0.5, 0.6) is 5.75 Å². The normalized spacial score (nSPS) is 15.8. The lowest BCUT2D eigenvalue weighted by Crippen LogP contribution is -2.40. The van der Waals surface area contributed by atoms with E-state index in [1.54, 1.807) is 31.2 Å². The second-order valence-corrected chi connectivity index (χ2v) is 6.23. The predicted molar refractivity (Wildman–Crippen MR) is 91.6 cm³/mol. The summed E-state index contributed by atoms with van der Waals surface area (Å²) in [5, 5.41) is 12.1. The van der Waals surface area contributed by atoms with E-state index in [2.05, 4.69) is 23.5 Å². The number of carbonyl (C=O) groups excluding carboxylic acids is 1. The Morgan fingerprint density at radius 2 is 1.88 bits per heavy atom. The number of hydrogen-bond donors (Lipinski definition) is 1. The third-order valence-corrected chi connectivity index (χ3v) is 4.52. The lowest BCUT2D eigenvalue weighted by molar-refractivity contribution is -0.127. The van der Waals surface area contributed by atoms with E-state index in [1.165, 1.54) is 5.56 Å². The fraction of sp³-hybridized carbons (Fsp3) is 0.300. The monoisotopic (exact) mass is 320 g/mol. The van der Waals surface area contributed by atoms with Gasteiger partial charge in [-0.25, -0.2) is 0 Å². The zero-order valence-corrected chi connectivity index (χ0v) is 13.7. The zero-order valence-electron chi connectivity index (χ0n) is 13.7. The highest BCUT2D eigenvalue weighted by Crippen LogP contribution is 2.47. The fourth-order valence-corrected chi connectivity index (χ4v) is 2.82. The number of nitrogens with one attached hydrogen (secondary N) is 1. The Balaban J connectivity index is 1.58. The summed E-state index contributed by atoms with van der Waals surface area (Å²) in [7, 11) is 0. The Bertz CT molecular complexity index is 761. The van der Waals surface area contributed by atoms with Crippen molar-refractivity contribution in [3.8, 4) is 11.8 Å². The highest BCUT2D eigenvalue weighted by Gasteiger charge is 2.44. The molecule has 1 aliphatic rings. The first kappa shape index (κ1) is 16.1. The standard InChI is InChI=1S/C20H20N2O2/c1-15(24-18-10-6-5-7-16(18)13-21)19(23)22-14-20(11-12-20)17-8-3-2-4-9-17/h2-10,15H,11-12,14H2,1H3,(H,22,23). The van der Waals surface area contributed by atoms with Crippen LogP contribution in [-0.2, 0) is 10.2 Å². The molecule has 1 N–H and O–H groups in total. The second-order valence-electron chi connectivity index (χ2n) is 6.23. The van der Waals surface area contributed by atoms with Gasteiger partial charge in [0.2, 0.25) is 0 Å². The van der Waals surface area contributed by atoms with Crippen molar-refractivity contribution in [1.82, 2.24) is 5.32 Å². The maximum Gasteiger partial charge on any atom is 0.260 e. The number of benzene rings is 2. The topological polar surface area (TPSA) is 62.1 Å². The summed E-state index contributed by atoms with van der Waals surface area (Å²) in [4.78, 5) is 12.3. The summed E-state index contributed by atoms with van der Waals surface area (Å²) in [5.41, 5.74) is 1.77. The van der Waals surface area contributed by atoms with Crippen LogP contribution in [-0.4, -0.2) is 18.6 Å².